The predicted molar refractivity (Wildman–Crippen MR) is 28.7 cm³/mol. The van der Waals surface area contributed by atoms with Gasteiger partial charge in [-0.1, -0.05) is 0 Å². The zero-order chi connectivity index (χ0) is 7.02. The molecule has 0 aromatic heterocycles. The molecule has 1 fully saturated rings. The van der Waals surface area contributed by atoms with Gasteiger partial charge >= 0.3 is 12.1 Å². The van der Waals surface area contributed by atoms with Crippen LogP contribution in [0.3, 0.4) is 0 Å². The Morgan fingerprint density at radius 3 is 2.22 bits per heavy atom. The average Bonchev–Trinajstić information content (AvgIpc) is 1.98. The third-order valence-corrected chi connectivity index (χ3v) is 1.40. The normalized spacial score (nSPS) is 26.9. The minimum atomic E-state index is -0.563. The van der Waals surface area contributed by atoms with Gasteiger partial charge in [-0.2, -0.15) is 0 Å². The summed E-state index contributed by atoms with van der Waals surface area (Å²) in [5.74, 6) is -0.470. The number of ether oxygens (including phenoxy) is 1. The van der Waals surface area contributed by atoms with Crippen LogP contribution < -0.4 is 0 Å². The fourth-order valence-corrected chi connectivity index (χ4v) is 0.560. The molecule has 1 atom stereocenters. The molecule has 0 spiro atoms. The van der Waals surface area contributed by atoms with Crippen LogP contribution in [0.25, 0.3) is 0 Å². The van der Waals surface area contributed by atoms with Crippen molar-refractivity contribution < 1.29 is 14.3 Å². The second-order valence-electron chi connectivity index (χ2n) is 1.97. The zero-order valence-corrected chi connectivity index (χ0v) is 5.25. The third-order valence-electron chi connectivity index (χ3n) is 1.40. The van der Waals surface area contributed by atoms with Crippen molar-refractivity contribution in [3.8, 4) is 0 Å². The summed E-state index contributed by atoms with van der Waals surface area (Å²) in [7, 11) is 1.53. The van der Waals surface area contributed by atoms with Crippen LogP contribution in [0.15, 0.2) is 0 Å². The van der Waals surface area contributed by atoms with E-state index in [2.05, 4.69) is 4.74 Å². The molecule has 0 unspecified atom stereocenters. The lowest BCUT2D eigenvalue weighted by Crippen LogP contribution is -2.27. The number of nitrogens with zero attached hydrogens (tertiary/aromatic N) is 1. The molecule has 1 aliphatic heterocycles. The first-order valence-corrected chi connectivity index (χ1v) is 2.61. The van der Waals surface area contributed by atoms with Crippen molar-refractivity contribution >= 4 is 12.1 Å². The molecule has 4 heteroatoms. The van der Waals surface area contributed by atoms with Gasteiger partial charge in [0.25, 0.3) is 0 Å². The molecular formula is C5H7NO3. The lowest BCUT2D eigenvalue weighted by molar-refractivity contribution is -0.135. The molecule has 0 aliphatic carbocycles. The Kier molecular flexibility index (Phi) is 1.16. The molecule has 0 N–H and O–H groups in total. The Balaban J connectivity index is 2.77. The highest BCUT2D eigenvalue weighted by atomic mass is 16.6. The molecule has 1 saturated heterocycles. The Hall–Kier alpha value is -1.06. The summed E-state index contributed by atoms with van der Waals surface area (Å²) in [6, 6.07) is -0.419. The van der Waals surface area contributed by atoms with Gasteiger partial charge in [-0.3, -0.25) is 4.90 Å². The van der Waals surface area contributed by atoms with E-state index in [9.17, 15) is 9.59 Å². The number of cyclic esters (lactones) is 2. The van der Waals surface area contributed by atoms with E-state index in [0.29, 0.717) is 0 Å². The second-order valence-corrected chi connectivity index (χ2v) is 1.97. The molecule has 50 valence electrons. The average molecular weight is 129 g/mol. The molecule has 0 bridgehead atoms. The Morgan fingerprint density at radius 1 is 1.56 bits per heavy atom. The summed E-state index contributed by atoms with van der Waals surface area (Å²) in [5, 5.41) is 0. The van der Waals surface area contributed by atoms with E-state index in [1.807, 2.05) is 0 Å². The molecular weight excluding hydrogens is 122 g/mol. The van der Waals surface area contributed by atoms with Crippen molar-refractivity contribution in [3.63, 3.8) is 0 Å². The van der Waals surface area contributed by atoms with Crippen LogP contribution >= 0.6 is 0 Å². The van der Waals surface area contributed by atoms with E-state index in [1.165, 1.54) is 11.9 Å². The SMILES string of the molecule is C[C@H]1C(=O)OC(=O)N1C. The summed E-state index contributed by atoms with van der Waals surface area (Å²) in [4.78, 5) is 22.2. The monoisotopic (exact) mass is 129 g/mol. The molecule has 0 aromatic rings. The van der Waals surface area contributed by atoms with Crippen molar-refractivity contribution in [2.24, 2.45) is 0 Å². The van der Waals surface area contributed by atoms with Crippen LogP contribution in [0.5, 0.6) is 0 Å². The molecule has 4 nitrogen and oxygen atoms in total. The smallest absolute Gasteiger partial charge is 0.375 e. The predicted octanol–water partition coefficient (Wildman–Crippen LogP) is -0.0165. The first kappa shape index (κ1) is 6.07. The number of likely N-dealkylation sites (N-methyl/N-ethyl adjacent to an activating group) is 1. The van der Waals surface area contributed by atoms with E-state index < -0.39 is 18.1 Å². The lowest BCUT2D eigenvalue weighted by atomic mass is 10.3. The van der Waals surface area contributed by atoms with Gasteiger partial charge < -0.3 is 4.74 Å². The van der Waals surface area contributed by atoms with Gasteiger partial charge in [0, 0.05) is 7.05 Å². The molecule has 1 amide bonds. The lowest BCUT2D eigenvalue weighted by Gasteiger charge is -2.06. The second kappa shape index (κ2) is 1.72. The fraction of sp³-hybridized carbons (Fsp3) is 0.600. The van der Waals surface area contributed by atoms with Crippen LogP contribution in [-0.4, -0.2) is 30.1 Å². The standard InChI is InChI=1S/C5H7NO3/c1-3-4(7)9-5(8)6(3)2/h3H,1-2H3/t3-/m0/s1. The van der Waals surface area contributed by atoms with Gasteiger partial charge in [-0.25, -0.2) is 9.59 Å². The van der Waals surface area contributed by atoms with Crippen molar-refractivity contribution in [3.05, 3.63) is 0 Å². The van der Waals surface area contributed by atoms with Crippen LogP contribution in [0.2, 0.25) is 0 Å². The fourth-order valence-electron chi connectivity index (χ4n) is 0.560. The number of hydrogen-bond acceptors (Lipinski definition) is 3. The van der Waals surface area contributed by atoms with Gasteiger partial charge in [0.05, 0.1) is 0 Å². The maximum absolute atomic E-state index is 10.5. The van der Waals surface area contributed by atoms with E-state index in [4.69, 9.17) is 0 Å². The Morgan fingerprint density at radius 2 is 2.11 bits per heavy atom. The number of carbonyl (C=O) groups excluding carboxylic acids is 2. The number of rotatable bonds is 0. The van der Waals surface area contributed by atoms with Gasteiger partial charge in [-0.05, 0) is 6.92 Å². The molecule has 0 radical (unpaired) electrons. The van der Waals surface area contributed by atoms with Gasteiger partial charge in [0.15, 0.2) is 0 Å². The highest BCUT2D eigenvalue weighted by Gasteiger charge is 2.34. The zero-order valence-electron chi connectivity index (χ0n) is 5.25. The number of carbonyl (C=O) groups is 2. The van der Waals surface area contributed by atoms with Gasteiger partial charge in [0.2, 0.25) is 0 Å². The van der Waals surface area contributed by atoms with E-state index in [0.717, 1.165) is 0 Å². The molecule has 1 aliphatic rings. The third kappa shape index (κ3) is 0.759. The summed E-state index contributed by atoms with van der Waals surface area (Å²) in [5.41, 5.74) is 0. The topological polar surface area (TPSA) is 46.6 Å². The highest BCUT2D eigenvalue weighted by Crippen LogP contribution is 2.09. The molecule has 0 aromatic carbocycles. The minimum Gasteiger partial charge on any atom is -0.375 e. The largest absolute Gasteiger partial charge is 0.418 e. The maximum Gasteiger partial charge on any atom is 0.418 e. The Labute approximate surface area is 52.4 Å². The van der Waals surface area contributed by atoms with E-state index >= 15 is 0 Å². The summed E-state index contributed by atoms with van der Waals surface area (Å²) < 4.78 is 4.23. The van der Waals surface area contributed by atoms with E-state index in [1.54, 1.807) is 6.92 Å². The van der Waals surface area contributed by atoms with Gasteiger partial charge in [-0.15, -0.1) is 0 Å². The Bertz CT molecular complexity index is 148. The van der Waals surface area contributed by atoms with E-state index in [-0.39, 0.29) is 0 Å². The van der Waals surface area contributed by atoms with Crippen LogP contribution in [-0.2, 0) is 9.53 Å². The van der Waals surface area contributed by atoms with Crippen LogP contribution in [0.4, 0.5) is 4.79 Å². The molecule has 9 heavy (non-hydrogen) atoms. The first-order chi connectivity index (χ1) is 4.13. The number of esters is 1. The first-order valence-electron chi connectivity index (χ1n) is 2.61. The summed E-state index contributed by atoms with van der Waals surface area (Å²) >= 11 is 0. The number of hydrogen-bond donors (Lipinski definition) is 0. The van der Waals surface area contributed by atoms with Crippen LogP contribution in [0.1, 0.15) is 6.92 Å². The van der Waals surface area contributed by atoms with Gasteiger partial charge in [0.1, 0.15) is 6.04 Å². The van der Waals surface area contributed by atoms with Crippen molar-refractivity contribution in [1.29, 1.82) is 0 Å². The highest BCUT2D eigenvalue weighted by molar-refractivity contribution is 5.94. The van der Waals surface area contributed by atoms with Crippen molar-refractivity contribution in [2.75, 3.05) is 7.05 Å². The van der Waals surface area contributed by atoms with Crippen LogP contribution in [0, 0.1) is 0 Å². The minimum absolute atomic E-state index is 0.419. The molecule has 1 heterocycles. The summed E-state index contributed by atoms with van der Waals surface area (Å²) in [6.07, 6.45) is -0.563. The number of amides is 1. The molecule has 0 saturated carbocycles. The summed E-state index contributed by atoms with van der Waals surface area (Å²) in [6.45, 7) is 1.62. The van der Waals surface area contributed by atoms with Crippen molar-refractivity contribution in [1.82, 2.24) is 4.90 Å². The maximum atomic E-state index is 10.5. The van der Waals surface area contributed by atoms with Crippen molar-refractivity contribution in [2.45, 2.75) is 13.0 Å². The molecule has 1 rings (SSSR count). The quantitative estimate of drug-likeness (QED) is 0.341.